The van der Waals surface area contributed by atoms with Crippen molar-refractivity contribution < 1.29 is 14.3 Å². The predicted molar refractivity (Wildman–Crippen MR) is 130 cm³/mol. The smallest absolute Gasteiger partial charge is 0.322 e. The number of hydrogen-bond acceptors (Lipinski definition) is 3. The summed E-state index contributed by atoms with van der Waals surface area (Å²) < 4.78 is 10.8. The van der Waals surface area contributed by atoms with Gasteiger partial charge in [0.2, 0.25) is 0 Å². The molecular formula is C27H27N3O3. The second kappa shape index (κ2) is 8.54. The molecule has 0 spiro atoms. The van der Waals surface area contributed by atoms with Crippen molar-refractivity contribution in [2.75, 3.05) is 26.1 Å². The van der Waals surface area contributed by atoms with Gasteiger partial charge in [-0.2, -0.15) is 0 Å². The van der Waals surface area contributed by atoms with Crippen LogP contribution in [0.15, 0.2) is 66.7 Å². The van der Waals surface area contributed by atoms with Crippen molar-refractivity contribution in [1.82, 2.24) is 9.88 Å². The second-order valence-electron chi connectivity index (χ2n) is 8.35. The molecule has 2 amide bonds. The van der Waals surface area contributed by atoms with E-state index in [1.807, 2.05) is 41.3 Å². The van der Waals surface area contributed by atoms with Gasteiger partial charge in [-0.25, -0.2) is 4.79 Å². The van der Waals surface area contributed by atoms with Gasteiger partial charge in [-0.05, 0) is 54.8 Å². The Morgan fingerprint density at radius 1 is 1.00 bits per heavy atom. The number of ether oxygens (including phenoxy) is 2. The van der Waals surface area contributed by atoms with Crippen molar-refractivity contribution >= 4 is 22.6 Å². The number of carbonyl (C=O) groups excluding carboxylic acids is 1. The maximum atomic E-state index is 13.5. The minimum absolute atomic E-state index is 0.143. The number of carbonyl (C=O) groups is 1. The average molecular weight is 442 g/mol. The summed E-state index contributed by atoms with van der Waals surface area (Å²) in [5.41, 5.74) is 6.29. The molecule has 2 N–H and O–H groups in total. The second-order valence-corrected chi connectivity index (χ2v) is 8.35. The van der Waals surface area contributed by atoms with E-state index in [-0.39, 0.29) is 12.1 Å². The van der Waals surface area contributed by atoms with Crippen LogP contribution in [0.25, 0.3) is 10.9 Å². The van der Waals surface area contributed by atoms with Crippen molar-refractivity contribution in [2.45, 2.75) is 19.4 Å². The highest BCUT2D eigenvalue weighted by Crippen LogP contribution is 2.39. The number of hydrogen-bond donors (Lipinski definition) is 2. The third-order valence-electron chi connectivity index (χ3n) is 6.31. The molecule has 0 fully saturated rings. The summed E-state index contributed by atoms with van der Waals surface area (Å²) in [7, 11) is 3.30. The molecule has 168 valence electrons. The number of fused-ring (bicyclic) bond motifs is 3. The fraction of sp³-hybridized carbons (Fsp3) is 0.222. The number of amides is 2. The zero-order chi connectivity index (χ0) is 22.9. The van der Waals surface area contributed by atoms with Crippen LogP contribution < -0.4 is 14.8 Å². The third-order valence-corrected chi connectivity index (χ3v) is 6.31. The maximum Gasteiger partial charge on any atom is 0.322 e. The Morgan fingerprint density at radius 2 is 1.76 bits per heavy atom. The summed E-state index contributed by atoms with van der Waals surface area (Å²) in [5, 5.41) is 4.20. The molecular weight excluding hydrogens is 414 g/mol. The Hall–Kier alpha value is -3.93. The number of aryl methyl sites for hydroxylation is 1. The van der Waals surface area contributed by atoms with Crippen LogP contribution in [0.3, 0.4) is 0 Å². The normalized spacial score (nSPS) is 15.2. The lowest BCUT2D eigenvalue weighted by Crippen LogP contribution is -2.43. The molecule has 0 saturated heterocycles. The van der Waals surface area contributed by atoms with Gasteiger partial charge in [-0.1, -0.05) is 35.9 Å². The number of H-pyrrole nitrogens is 1. The molecule has 1 aliphatic rings. The quantitative estimate of drug-likeness (QED) is 0.429. The first-order chi connectivity index (χ1) is 16.1. The van der Waals surface area contributed by atoms with Gasteiger partial charge in [0, 0.05) is 34.9 Å². The highest BCUT2D eigenvalue weighted by Gasteiger charge is 2.34. The van der Waals surface area contributed by atoms with E-state index in [0.29, 0.717) is 18.0 Å². The molecule has 5 rings (SSSR count). The summed E-state index contributed by atoms with van der Waals surface area (Å²) in [5.74, 6) is 1.53. The molecule has 0 aliphatic carbocycles. The molecule has 0 radical (unpaired) electrons. The Balaban J connectivity index is 1.56. The number of aromatic nitrogens is 1. The molecule has 3 aromatic carbocycles. The Bertz CT molecular complexity index is 1310. The Labute approximate surface area is 193 Å². The summed E-state index contributed by atoms with van der Waals surface area (Å²) in [6, 6.07) is 21.5. The van der Waals surface area contributed by atoms with E-state index in [2.05, 4.69) is 47.6 Å². The monoisotopic (exact) mass is 441 g/mol. The minimum atomic E-state index is -0.224. The van der Waals surface area contributed by atoms with E-state index in [1.54, 1.807) is 14.2 Å². The number of nitrogens with one attached hydrogen (secondary N) is 2. The van der Waals surface area contributed by atoms with Gasteiger partial charge in [0.15, 0.2) is 0 Å². The molecule has 6 heteroatoms. The van der Waals surface area contributed by atoms with E-state index in [9.17, 15) is 4.79 Å². The highest BCUT2D eigenvalue weighted by atomic mass is 16.5. The lowest BCUT2D eigenvalue weighted by molar-refractivity contribution is 0.193. The van der Waals surface area contributed by atoms with Crippen molar-refractivity contribution in [3.05, 3.63) is 89.1 Å². The molecule has 0 bridgehead atoms. The summed E-state index contributed by atoms with van der Waals surface area (Å²) in [6.07, 6.45) is 0.760. The van der Waals surface area contributed by atoms with Crippen molar-refractivity contribution in [3.8, 4) is 11.5 Å². The third kappa shape index (κ3) is 3.89. The Kier molecular flexibility index (Phi) is 5.42. The molecule has 6 nitrogen and oxygen atoms in total. The van der Waals surface area contributed by atoms with Crippen LogP contribution >= 0.6 is 0 Å². The molecule has 1 unspecified atom stereocenters. The van der Waals surface area contributed by atoms with Gasteiger partial charge in [0.25, 0.3) is 0 Å². The van der Waals surface area contributed by atoms with Crippen LogP contribution in [-0.2, 0) is 6.42 Å². The van der Waals surface area contributed by atoms with Crippen molar-refractivity contribution in [3.63, 3.8) is 0 Å². The number of anilines is 1. The zero-order valence-corrected chi connectivity index (χ0v) is 19.0. The number of rotatable bonds is 4. The standard InChI is InChI=1S/C27H27N3O3/c1-17-7-9-18(10-8-17)26-25-22(23-16-21(33-3)11-12-24(23)29-25)13-14-30(26)27(31)28-19-5-4-6-20(15-19)32-2/h4-12,15-16,26,29H,13-14H2,1-3H3,(H,28,31). The molecule has 2 heterocycles. The van der Waals surface area contributed by atoms with Gasteiger partial charge >= 0.3 is 6.03 Å². The van der Waals surface area contributed by atoms with Crippen LogP contribution in [0.5, 0.6) is 11.5 Å². The molecule has 33 heavy (non-hydrogen) atoms. The SMILES string of the molecule is COc1cccc(NC(=O)N2CCc3c([nH]c4ccc(OC)cc34)C2c2ccc(C)cc2)c1. The first-order valence-corrected chi connectivity index (χ1v) is 11.0. The van der Waals surface area contributed by atoms with Crippen LogP contribution in [0, 0.1) is 6.92 Å². The first kappa shape index (κ1) is 20.9. The molecule has 1 atom stereocenters. The number of aromatic amines is 1. The fourth-order valence-corrected chi connectivity index (χ4v) is 4.60. The number of methoxy groups -OCH3 is 2. The fourth-order valence-electron chi connectivity index (χ4n) is 4.60. The van der Waals surface area contributed by atoms with Gasteiger partial charge in [0.1, 0.15) is 11.5 Å². The van der Waals surface area contributed by atoms with Gasteiger partial charge in [-0.3, -0.25) is 0 Å². The predicted octanol–water partition coefficient (Wildman–Crippen LogP) is 5.67. The van der Waals surface area contributed by atoms with Crippen LogP contribution in [-0.4, -0.2) is 36.7 Å². The van der Waals surface area contributed by atoms with Crippen LogP contribution in [0.2, 0.25) is 0 Å². The van der Waals surface area contributed by atoms with E-state index in [0.717, 1.165) is 34.3 Å². The number of urea groups is 1. The summed E-state index contributed by atoms with van der Waals surface area (Å²) >= 11 is 0. The van der Waals surface area contributed by atoms with Crippen LogP contribution in [0.1, 0.15) is 28.4 Å². The first-order valence-electron chi connectivity index (χ1n) is 11.0. The number of nitrogens with zero attached hydrogens (tertiary/aromatic N) is 1. The summed E-state index contributed by atoms with van der Waals surface area (Å²) in [6.45, 7) is 2.67. The largest absolute Gasteiger partial charge is 0.497 e. The van der Waals surface area contributed by atoms with Crippen LogP contribution in [0.4, 0.5) is 10.5 Å². The minimum Gasteiger partial charge on any atom is -0.497 e. The van der Waals surface area contributed by atoms with E-state index in [4.69, 9.17) is 9.47 Å². The molecule has 1 aliphatic heterocycles. The van der Waals surface area contributed by atoms with Crippen molar-refractivity contribution in [1.29, 1.82) is 0 Å². The average Bonchev–Trinajstić information content (AvgIpc) is 3.22. The lowest BCUT2D eigenvalue weighted by atomic mass is 9.92. The van der Waals surface area contributed by atoms with E-state index < -0.39 is 0 Å². The molecule has 0 saturated carbocycles. The molecule has 1 aromatic heterocycles. The van der Waals surface area contributed by atoms with E-state index >= 15 is 0 Å². The Morgan fingerprint density at radius 3 is 2.52 bits per heavy atom. The topological polar surface area (TPSA) is 66.6 Å². The van der Waals surface area contributed by atoms with Crippen molar-refractivity contribution in [2.24, 2.45) is 0 Å². The summed E-state index contributed by atoms with van der Waals surface area (Å²) in [4.78, 5) is 19.0. The zero-order valence-electron chi connectivity index (χ0n) is 19.0. The van der Waals surface area contributed by atoms with E-state index in [1.165, 1.54) is 11.1 Å². The lowest BCUT2D eigenvalue weighted by Gasteiger charge is -2.36. The maximum absolute atomic E-state index is 13.5. The van der Waals surface area contributed by atoms with Gasteiger partial charge in [0.05, 0.1) is 20.3 Å². The van der Waals surface area contributed by atoms with Gasteiger partial charge in [-0.15, -0.1) is 0 Å². The van der Waals surface area contributed by atoms with Gasteiger partial charge < -0.3 is 24.7 Å². The highest BCUT2D eigenvalue weighted by molar-refractivity contribution is 5.92. The number of benzene rings is 3. The molecule has 4 aromatic rings.